The van der Waals surface area contributed by atoms with E-state index in [1.807, 2.05) is 0 Å². The van der Waals surface area contributed by atoms with Crippen molar-refractivity contribution in [3.63, 3.8) is 0 Å². The number of halogens is 2. The summed E-state index contributed by atoms with van der Waals surface area (Å²) in [6.45, 7) is 0.446. The first-order valence-corrected chi connectivity index (χ1v) is 7.39. The number of nitrogens with one attached hydrogen (secondary N) is 1. The maximum absolute atomic E-state index is 12.0. The summed E-state index contributed by atoms with van der Waals surface area (Å²) in [5.41, 5.74) is 5.68. The Balaban J connectivity index is 2.28. The third kappa shape index (κ3) is 2.85. The molecule has 0 bridgehead atoms. The Morgan fingerprint density at radius 2 is 2.00 bits per heavy atom. The van der Waals surface area contributed by atoms with Crippen molar-refractivity contribution in [2.24, 2.45) is 5.92 Å². The van der Waals surface area contributed by atoms with Crippen molar-refractivity contribution in [3.8, 4) is 0 Å². The first-order valence-electron chi connectivity index (χ1n) is 5.15. The minimum absolute atomic E-state index is 0.0262. The van der Waals surface area contributed by atoms with Gasteiger partial charge in [-0.15, -0.1) is 0 Å². The van der Waals surface area contributed by atoms with Gasteiger partial charge in [-0.2, -0.15) is 0 Å². The lowest BCUT2D eigenvalue weighted by atomic mass is 10.3. The monoisotopic (exact) mass is 294 g/mol. The second kappa shape index (κ2) is 4.65. The first kappa shape index (κ1) is 13.0. The number of hydrogen-bond acceptors (Lipinski definition) is 3. The van der Waals surface area contributed by atoms with Crippen LogP contribution >= 0.6 is 23.2 Å². The van der Waals surface area contributed by atoms with Crippen molar-refractivity contribution < 1.29 is 8.42 Å². The lowest BCUT2D eigenvalue weighted by Crippen LogP contribution is -2.26. The van der Waals surface area contributed by atoms with Crippen LogP contribution in [0.5, 0.6) is 0 Å². The third-order valence-electron chi connectivity index (χ3n) is 2.64. The molecule has 0 aliphatic heterocycles. The van der Waals surface area contributed by atoms with Gasteiger partial charge in [-0.1, -0.05) is 23.2 Å². The average molecular weight is 295 g/mol. The highest BCUT2D eigenvalue weighted by molar-refractivity contribution is 7.89. The van der Waals surface area contributed by atoms with Crippen LogP contribution in [-0.2, 0) is 10.0 Å². The molecule has 1 fully saturated rings. The van der Waals surface area contributed by atoms with E-state index in [1.54, 1.807) is 0 Å². The lowest BCUT2D eigenvalue weighted by Gasteiger charge is -2.10. The zero-order valence-electron chi connectivity index (χ0n) is 8.91. The van der Waals surface area contributed by atoms with Crippen LogP contribution in [0.3, 0.4) is 0 Å². The maximum atomic E-state index is 12.0. The largest absolute Gasteiger partial charge is 0.396 e. The Hall–Kier alpha value is -0.490. The molecule has 3 N–H and O–H groups in total. The van der Waals surface area contributed by atoms with Crippen LogP contribution in [-0.4, -0.2) is 15.0 Å². The Bertz CT molecular complexity index is 541. The van der Waals surface area contributed by atoms with E-state index < -0.39 is 10.0 Å². The van der Waals surface area contributed by atoms with Crippen molar-refractivity contribution in [2.45, 2.75) is 17.7 Å². The Morgan fingerprint density at radius 1 is 1.35 bits per heavy atom. The molecule has 0 aromatic heterocycles. The summed E-state index contributed by atoms with van der Waals surface area (Å²) in [7, 11) is -3.61. The molecule has 4 nitrogen and oxygen atoms in total. The summed E-state index contributed by atoms with van der Waals surface area (Å²) in [5, 5.41) is 0.219. The molecule has 1 aromatic carbocycles. The van der Waals surface area contributed by atoms with Gasteiger partial charge in [-0.05, 0) is 30.9 Å². The summed E-state index contributed by atoms with van der Waals surface area (Å²) in [6, 6.07) is 2.78. The molecule has 7 heteroatoms. The van der Waals surface area contributed by atoms with Gasteiger partial charge in [0.1, 0.15) is 4.90 Å². The second-order valence-corrected chi connectivity index (χ2v) is 6.59. The number of benzene rings is 1. The van der Waals surface area contributed by atoms with Crippen LogP contribution in [0.15, 0.2) is 17.0 Å². The Morgan fingerprint density at radius 3 is 2.59 bits per heavy atom. The Labute approximate surface area is 110 Å². The van der Waals surface area contributed by atoms with Gasteiger partial charge in [0.25, 0.3) is 0 Å². The molecule has 0 amide bonds. The van der Waals surface area contributed by atoms with Crippen LogP contribution in [0.2, 0.25) is 10.0 Å². The van der Waals surface area contributed by atoms with E-state index in [9.17, 15) is 8.42 Å². The molecule has 0 radical (unpaired) electrons. The van der Waals surface area contributed by atoms with Gasteiger partial charge in [0.2, 0.25) is 10.0 Å². The number of hydrogen-bond donors (Lipinski definition) is 2. The minimum Gasteiger partial charge on any atom is -0.396 e. The molecule has 0 saturated heterocycles. The van der Waals surface area contributed by atoms with Gasteiger partial charge in [0, 0.05) is 6.54 Å². The molecule has 1 aliphatic carbocycles. The van der Waals surface area contributed by atoms with Crippen LogP contribution in [0.4, 0.5) is 5.69 Å². The number of anilines is 1. The van der Waals surface area contributed by atoms with Crippen molar-refractivity contribution in [1.29, 1.82) is 0 Å². The summed E-state index contributed by atoms with van der Waals surface area (Å²) in [6.07, 6.45) is 2.14. The fraction of sp³-hybridized carbons (Fsp3) is 0.400. The predicted molar refractivity (Wildman–Crippen MR) is 68.8 cm³/mol. The van der Waals surface area contributed by atoms with Crippen LogP contribution in [0, 0.1) is 5.92 Å². The van der Waals surface area contributed by atoms with Crippen molar-refractivity contribution in [2.75, 3.05) is 12.3 Å². The van der Waals surface area contributed by atoms with E-state index >= 15 is 0 Å². The van der Waals surface area contributed by atoms with Gasteiger partial charge in [-0.25, -0.2) is 13.1 Å². The standard InChI is InChI=1S/C10H12Cl2N2O2S/c11-7-3-4-8(9(12)10(7)13)17(15,16)14-5-6-1-2-6/h3-4,6,14H,1-2,5,13H2. The third-order valence-corrected chi connectivity index (χ3v) is 4.95. The zero-order valence-corrected chi connectivity index (χ0v) is 11.2. The first-order chi connectivity index (χ1) is 7.92. The number of nitrogen functional groups attached to an aromatic ring is 1. The number of nitrogens with two attached hydrogens (primary N) is 1. The molecule has 1 aromatic rings. The molecule has 1 aliphatic rings. The highest BCUT2D eigenvalue weighted by Crippen LogP contribution is 2.33. The van der Waals surface area contributed by atoms with E-state index in [2.05, 4.69) is 4.72 Å². The van der Waals surface area contributed by atoms with E-state index in [1.165, 1.54) is 12.1 Å². The molecule has 17 heavy (non-hydrogen) atoms. The topological polar surface area (TPSA) is 72.2 Å². The van der Waals surface area contributed by atoms with Crippen molar-refractivity contribution in [1.82, 2.24) is 4.72 Å². The predicted octanol–water partition coefficient (Wildman–Crippen LogP) is 2.26. The number of rotatable bonds is 4. The molecule has 1 saturated carbocycles. The summed E-state index contributed by atoms with van der Waals surface area (Å²) >= 11 is 11.6. The lowest BCUT2D eigenvalue weighted by molar-refractivity contribution is 0.577. The smallest absolute Gasteiger partial charge is 0.242 e. The van der Waals surface area contributed by atoms with E-state index in [4.69, 9.17) is 28.9 Å². The molecule has 0 unspecified atom stereocenters. The molecule has 94 valence electrons. The van der Waals surface area contributed by atoms with E-state index in [0.717, 1.165) is 12.8 Å². The fourth-order valence-electron chi connectivity index (χ4n) is 1.38. The van der Waals surface area contributed by atoms with Crippen LogP contribution in [0.25, 0.3) is 0 Å². The summed E-state index contributed by atoms with van der Waals surface area (Å²) < 4.78 is 26.4. The van der Waals surface area contributed by atoms with Gasteiger partial charge < -0.3 is 5.73 Å². The SMILES string of the molecule is Nc1c(Cl)ccc(S(=O)(=O)NCC2CC2)c1Cl. The van der Waals surface area contributed by atoms with Gasteiger partial charge in [-0.3, -0.25) is 0 Å². The van der Waals surface area contributed by atoms with E-state index in [-0.39, 0.29) is 20.6 Å². The summed E-state index contributed by atoms with van der Waals surface area (Å²) in [4.78, 5) is -0.0262. The molecular formula is C10H12Cl2N2O2S. The maximum Gasteiger partial charge on any atom is 0.242 e. The van der Waals surface area contributed by atoms with E-state index in [0.29, 0.717) is 12.5 Å². The zero-order chi connectivity index (χ0) is 12.6. The van der Waals surface area contributed by atoms with Crippen LogP contribution < -0.4 is 10.5 Å². The highest BCUT2D eigenvalue weighted by atomic mass is 35.5. The second-order valence-electron chi connectivity index (χ2n) is 4.07. The molecule has 0 atom stereocenters. The van der Waals surface area contributed by atoms with Crippen molar-refractivity contribution in [3.05, 3.63) is 22.2 Å². The molecule has 0 spiro atoms. The van der Waals surface area contributed by atoms with Gasteiger partial charge in [0.15, 0.2) is 0 Å². The fourth-order valence-corrected chi connectivity index (χ4v) is 3.26. The average Bonchev–Trinajstić information content (AvgIpc) is 3.07. The summed E-state index contributed by atoms with van der Waals surface area (Å²) in [5.74, 6) is 0.452. The number of sulfonamides is 1. The highest BCUT2D eigenvalue weighted by Gasteiger charge is 2.26. The van der Waals surface area contributed by atoms with Gasteiger partial charge in [0.05, 0.1) is 15.7 Å². The quantitative estimate of drug-likeness (QED) is 0.837. The minimum atomic E-state index is -3.61. The normalized spacial score (nSPS) is 16.1. The molecule has 0 heterocycles. The Kier molecular flexibility index (Phi) is 3.54. The van der Waals surface area contributed by atoms with Gasteiger partial charge >= 0.3 is 0 Å². The molecular weight excluding hydrogens is 283 g/mol. The van der Waals surface area contributed by atoms with Crippen LogP contribution in [0.1, 0.15) is 12.8 Å². The van der Waals surface area contributed by atoms with Crippen molar-refractivity contribution >= 4 is 38.9 Å². The molecule has 2 rings (SSSR count).